The van der Waals surface area contributed by atoms with Gasteiger partial charge in [0.05, 0.1) is 6.54 Å². The van der Waals surface area contributed by atoms with Crippen LogP contribution >= 0.6 is 0 Å². The summed E-state index contributed by atoms with van der Waals surface area (Å²) in [5.41, 5.74) is 0. The molecule has 1 aliphatic rings. The quantitative estimate of drug-likeness (QED) is 0.342. The van der Waals surface area contributed by atoms with E-state index in [2.05, 4.69) is 11.6 Å². The summed E-state index contributed by atoms with van der Waals surface area (Å²) >= 11 is 0. The van der Waals surface area contributed by atoms with Crippen LogP contribution in [0.2, 0.25) is 0 Å². The second kappa shape index (κ2) is 3.85. The van der Waals surface area contributed by atoms with Crippen LogP contribution < -0.4 is 0 Å². The Morgan fingerprint density at radius 3 is 3.17 bits per heavy atom. The summed E-state index contributed by atoms with van der Waals surface area (Å²) in [4.78, 5) is 15.7. The van der Waals surface area contributed by atoms with E-state index in [-0.39, 0.29) is 11.5 Å². The molecule has 5 heteroatoms. The van der Waals surface area contributed by atoms with E-state index in [0.29, 0.717) is 18.9 Å². The summed E-state index contributed by atoms with van der Waals surface area (Å²) in [6.07, 6.45) is 1.72. The highest BCUT2D eigenvalue weighted by atomic mass is 16.6. The van der Waals surface area contributed by atoms with E-state index in [0.717, 1.165) is 6.54 Å². The Hall–Kier alpha value is -1.39. The molecular weight excluding hydrogens is 158 g/mol. The Balaban J connectivity index is 2.50. The van der Waals surface area contributed by atoms with E-state index in [1.807, 2.05) is 4.90 Å². The molecule has 0 bridgehead atoms. The Kier molecular flexibility index (Phi) is 2.79. The number of amidine groups is 1. The molecule has 0 amide bonds. The van der Waals surface area contributed by atoms with Gasteiger partial charge in [0.15, 0.2) is 5.84 Å². The molecule has 12 heavy (non-hydrogen) atoms. The minimum Gasteiger partial charge on any atom is -0.349 e. The molecule has 0 aromatic carbocycles. The van der Waals surface area contributed by atoms with Crippen LogP contribution in [0, 0.1) is 10.1 Å². The van der Waals surface area contributed by atoms with Gasteiger partial charge in [-0.15, -0.1) is 6.58 Å². The average Bonchev–Trinajstić information content (AvgIpc) is 2.37. The van der Waals surface area contributed by atoms with Crippen molar-refractivity contribution in [2.24, 2.45) is 4.99 Å². The molecule has 66 valence electrons. The zero-order chi connectivity index (χ0) is 8.97. The van der Waals surface area contributed by atoms with Crippen LogP contribution in [0.5, 0.6) is 0 Å². The first kappa shape index (κ1) is 8.70. The van der Waals surface area contributed by atoms with Gasteiger partial charge in [0.2, 0.25) is 0 Å². The van der Waals surface area contributed by atoms with Gasteiger partial charge in [-0.05, 0) is 0 Å². The highest BCUT2D eigenvalue weighted by molar-refractivity contribution is 5.84. The Labute approximate surface area is 70.5 Å². The third kappa shape index (κ3) is 2.05. The van der Waals surface area contributed by atoms with Gasteiger partial charge in [-0.1, -0.05) is 6.08 Å². The second-order valence-electron chi connectivity index (χ2n) is 2.52. The van der Waals surface area contributed by atoms with E-state index in [4.69, 9.17) is 0 Å². The smallest absolute Gasteiger partial charge is 0.260 e. The molecule has 0 saturated heterocycles. The molecule has 0 fully saturated rings. The molecule has 0 spiro atoms. The highest BCUT2D eigenvalue weighted by Gasteiger charge is 2.19. The molecule has 0 unspecified atom stereocenters. The second-order valence-corrected chi connectivity index (χ2v) is 2.52. The van der Waals surface area contributed by atoms with Crippen LogP contribution in [-0.4, -0.2) is 41.8 Å². The fraction of sp³-hybridized carbons (Fsp3) is 0.571. The lowest BCUT2D eigenvalue weighted by atomic mass is 10.4. The predicted octanol–water partition coefficient (Wildman–Crippen LogP) is 0.163. The lowest BCUT2D eigenvalue weighted by Gasteiger charge is -2.14. The fourth-order valence-electron chi connectivity index (χ4n) is 1.15. The van der Waals surface area contributed by atoms with Crippen molar-refractivity contribution in [2.45, 2.75) is 0 Å². The van der Waals surface area contributed by atoms with Crippen molar-refractivity contribution in [1.82, 2.24) is 4.90 Å². The van der Waals surface area contributed by atoms with Gasteiger partial charge in [0.25, 0.3) is 6.54 Å². The molecule has 0 aromatic heterocycles. The zero-order valence-corrected chi connectivity index (χ0v) is 6.77. The Bertz CT molecular complexity index is 225. The van der Waals surface area contributed by atoms with Crippen LogP contribution in [0.25, 0.3) is 0 Å². The number of rotatable bonds is 4. The van der Waals surface area contributed by atoms with Crippen molar-refractivity contribution in [3.8, 4) is 0 Å². The molecule has 0 N–H and O–H groups in total. The van der Waals surface area contributed by atoms with Crippen LogP contribution in [0.15, 0.2) is 17.6 Å². The van der Waals surface area contributed by atoms with Crippen molar-refractivity contribution in [2.75, 3.05) is 26.2 Å². The van der Waals surface area contributed by atoms with E-state index < -0.39 is 0 Å². The molecule has 1 aliphatic heterocycles. The maximum absolute atomic E-state index is 10.2. The Morgan fingerprint density at radius 2 is 2.58 bits per heavy atom. The van der Waals surface area contributed by atoms with Crippen molar-refractivity contribution in [3.05, 3.63) is 22.8 Å². The van der Waals surface area contributed by atoms with Gasteiger partial charge in [-0.3, -0.25) is 15.1 Å². The van der Waals surface area contributed by atoms with Crippen molar-refractivity contribution in [1.29, 1.82) is 0 Å². The highest BCUT2D eigenvalue weighted by Crippen LogP contribution is 2.01. The lowest BCUT2D eigenvalue weighted by Crippen LogP contribution is -2.32. The zero-order valence-electron chi connectivity index (χ0n) is 6.77. The molecule has 0 saturated carbocycles. The first-order valence-electron chi connectivity index (χ1n) is 3.75. The number of nitrogens with zero attached hydrogens (tertiary/aromatic N) is 3. The molecule has 0 radical (unpaired) electrons. The van der Waals surface area contributed by atoms with Crippen molar-refractivity contribution in [3.63, 3.8) is 0 Å². The van der Waals surface area contributed by atoms with E-state index in [9.17, 15) is 10.1 Å². The van der Waals surface area contributed by atoms with Crippen molar-refractivity contribution >= 4 is 5.84 Å². The summed E-state index contributed by atoms with van der Waals surface area (Å²) in [5, 5.41) is 10.2. The summed E-state index contributed by atoms with van der Waals surface area (Å²) in [6, 6.07) is 0. The molecule has 1 rings (SSSR count). The molecule has 0 aromatic rings. The predicted molar refractivity (Wildman–Crippen MR) is 45.9 cm³/mol. The Morgan fingerprint density at radius 1 is 1.83 bits per heavy atom. The standard InChI is InChI=1S/C7H11N3O2/c1-2-4-9-5-3-8-7(9)6-10(11)12/h2H,1,3-6H2. The molecule has 1 heterocycles. The first-order valence-corrected chi connectivity index (χ1v) is 3.75. The summed E-state index contributed by atoms with van der Waals surface area (Å²) < 4.78 is 0. The number of nitro groups is 1. The molecular formula is C7H11N3O2. The van der Waals surface area contributed by atoms with Crippen LogP contribution in [0.4, 0.5) is 0 Å². The van der Waals surface area contributed by atoms with Gasteiger partial charge >= 0.3 is 0 Å². The summed E-state index contributed by atoms with van der Waals surface area (Å²) in [7, 11) is 0. The lowest BCUT2D eigenvalue weighted by molar-refractivity contribution is -0.464. The van der Waals surface area contributed by atoms with Gasteiger partial charge in [-0.25, -0.2) is 0 Å². The maximum atomic E-state index is 10.2. The number of aliphatic imine (C=N–C) groups is 1. The SMILES string of the molecule is C=CCN1CCN=C1C[N+](=O)[O-]. The summed E-state index contributed by atoms with van der Waals surface area (Å²) in [5.74, 6) is 0.569. The molecule has 5 nitrogen and oxygen atoms in total. The minimum atomic E-state index is -0.361. The number of hydrogen-bond donors (Lipinski definition) is 0. The van der Waals surface area contributed by atoms with Gasteiger partial charge in [0, 0.05) is 18.0 Å². The van der Waals surface area contributed by atoms with E-state index in [1.165, 1.54) is 0 Å². The number of hydrogen-bond acceptors (Lipinski definition) is 4. The van der Waals surface area contributed by atoms with E-state index in [1.54, 1.807) is 6.08 Å². The minimum absolute atomic E-state index is 0.173. The van der Waals surface area contributed by atoms with Gasteiger partial charge in [0.1, 0.15) is 0 Å². The van der Waals surface area contributed by atoms with Crippen molar-refractivity contribution < 1.29 is 4.92 Å². The van der Waals surface area contributed by atoms with Gasteiger partial charge in [-0.2, -0.15) is 0 Å². The topological polar surface area (TPSA) is 58.7 Å². The van der Waals surface area contributed by atoms with Crippen LogP contribution in [0.1, 0.15) is 0 Å². The molecule has 0 aliphatic carbocycles. The van der Waals surface area contributed by atoms with E-state index >= 15 is 0 Å². The summed E-state index contributed by atoms with van der Waals surface area (Å²) in [6.45, 7) is 5.48. The largest absolute Gasteiger partial charge is 0.349 e. The average molecular weight is 169 g/mol. The molecule has 0 atom stereocenters. The third-order valence-corrected chi connectivity index (χ3v) is 1.65. The van der Waals surface area contributed by atoms with Crippen LogP contribution in [-0.2, 0) is 0 Å². The van der Waals surface area contributed by atoms with Gasteiger partial charge < -0.3 is 4.90 Å². The van der Waals surface area contributed by atoms with Crippen LogP contribution in [0.3, 0.4) is 0 Å². The normalized spacial score (nSPS) is 16.0. The third-order valence-electron chi connectivity index (χ3n) is 1.65. The monoisotopic (exact) mass is 169 g/mol. The fourth-order valence-corrected chi connectivity index (χ4v) is 1.15. The first-order chi connectivity index (χ1) is 5.74. The maximum Gasteiger partial charge on any atom is 0.260 e.